The number of piperazine rings is 1. The van der Waals surface area contributed by atoms with Gasteiger partial charge < -0.3 is 14.5 Å². The molecule has 1 aliphatic rings. The van der Waals surface area contributed by atoms with Gasteiger partial charge in [0.1, 0.15) is 5.75 Å². The molecule has 2 aromatic rings. The Morgan fingerprint density at radius 1 is 0.926 bits per heavy atom. The van der Waals surface area contributed by atoms with Crippen LogP contribution in [0.3, 0.4) is 0 Å². The zero-order valence-electron chi connectivity index (χ0n) is 16.0. The van der Waals surface area contributed by atoms with E-state index in [9.17, 15) is 9.59 Å². The fourth-order valence-corrected chi connectivity index (χ4v) is 3.21. The SMILES string of the molecule is CCc1ccccc1OCC(=O)N1CCN(C(=O)c2ccc(C)cc2)CC1. The van der Waals surface area contributed by atoms with E-state index in [0.717, 1.165) is 23.3 Å². The highest BCUT2D eigenvalue weighted by molar-refractivity contribution is 5.94. The minimum Gasteiger partial charge on any atom is -0.483 e. The third kappa shape index (κ3) is 4.67. The molecule has 3 rings (SSSR count). The minimum atomic E-state index is -0.0386. The molecule has 2 aromatic carbocycles. The maximum atomic E-state index is 12.6. The van der Waals surface area contributed by atoms with Gasteiger partial charge in [0.2, 0.25) is 0 Å². The molecule has 0 bridgehead atoms. The lowest BCUT2D eigenvalue weighted by Gasteiger charge is -2.34. The van der Waals surface area contributed by atoms with Gasteiger partial charge in [-0.3, -0.25) is 9.59 Å². The molecule has 0 radical (unpaired) electrons. The highest BCUT2D eigenvalue weighted by atomic mass is 16.5. The third-order valence-corrected chi connectivity index (χ3v) is 4.92. The van der Waals surface area contributed by atoms with Gasteiger partial charge in [0.05, 0.1) is 0 Å². The second-order valence-corrected chi connectivity index (χ2v) is 6.79. The first-order chi connectivity index (χ1) is 13.1. The zero-order valence-corrected chi connectivity index (χ0v) is 16.0. The average Bonchev–Trinajstić information content (AvgIpc) is 2.72. The van der Waals surface area contributed by atoms with Crippen molar-refractivity contribution in [3.05, 3.63) is 65.2 Å². The van der Waals surface area contributed by atoms with Gasteiger partial charge in [-0.2, -0.15) is 0 Å². The van der Waals surface area contributed by atoms with Crippen LogP contribution in [-0.2, 0) is 11.2 Å². The number of ether oxygens (including phenoxy) is 1. The third-order valence-electron chi connectivity index (χ3n) is 4.92. The van der Waals surface area contributed by atoms with E-state index >= 15 is 0 Å². The molecule has 1 fully saturated rings. The van der Waals surface area contributed by atoms with E-state index in [1.807, 2.05) is 60.4 Å². The van der Waals surface area contributed by atoms with Crippen molar-refractivity contribution in [3.8, 4) is 5.75 Å². The van der Waals surface area contributed by atoms with Crippen molar-refractivity contribution >= 4 is 11.8 Å². The van der Waals surface area contributed by atoms with Crippen LogP contribution >= 0.6 is 0 Å². The van der Waals surface area contributed by atoms with Crippen molar-refractivity contribution in [1.82, 2.24) is 9.80 Å². The lowest BCUT2D eigenvalue weighted by atomic mass is 10.1. The van der Waals surface area contributed by atoms with Crippen molar-refractivity contribution in [2.24, 2.45) is 0 Å². The predicted octanol–water partition coefficient (Wildman–Crippen LogP) is 2.92. The summed E-state index contributed by atoms with van der Waals surface area (Å²) in [4.78, 5) is 28.6. The van der Waals surface area contributed by atoms with E-state index in [2.05, 4.69) is 6.92 Å². The number of carbonyl (C=O) groups is 2. The summed E-state index contributed by atoms with van der Waals surface area (Å²) in [5, 5.41) is 0. The monoisotopic (exact) mass is 366 g/mol. The normalized spacial score (nSPS) is 14.1. The van der Waals surface area contributed by atoms with E-state index < -0.39 is 0 Å². The van der Waals surface area contributed by atoms with Crippen LogP contribution < -0.4 is 4.74 Å². The number of nitrogens with zero attached hydrogens (tertiary/aromatic N) is 2. The molecule has 0 aliphatic carbocycles. The van der Waals surface area contributed by atoms with Gasteiger partial charge in [-0.25, -0.2) is 0 Å². The summed E-state index contributed by atoms with van der Waals surface area (Å²) in [7, 11) is 0. The molecule has 0 aromatic heterocycles. The van der Waals surface area contributed by atoms with Gasteiger partial charge in [0.25, 0.3) is 11.8 Å². The topological polar surface area (TPSA) is 49.9 Å². The minimum absolute atomic E-state index is 0.0234. The molecule has 1 aliphatic heterocycles. The Morgan fingerprint density at radius 2 is 1.56 bits per heavy atom. The Kier molecular flexibility index (Phi) is 6.12. The zero-order chi connectivity index (χ0) is 19.2. The molecule has 1 saturated heterocycles. The van der Waals surface area contributed by atoms with Crippen LogP contribution in [-0.4, -0.2) is 54.4 Å². The molecule has 5 heteroatoms. The molecular formula is C22H26N2O3. The summed E-state index contributed by atoms with van der Waals surface area (Å²) in [6, 6.07) is 15.4. The first-order valence-electron chi connectivity index (χ1n) is 9.43. The van der Waals surface area contributed by atoms with Crippen LogP contribution in [0, 0.1) is 6.92 Å². The Morgan fingerprint density at radius 3 is 2.22 bits per heavy atom. The highest BCUT2D eigenvalue weighted by Crippen LogP contribution is 2.18. The van der Waals surface area contributed by atoms with Crippen LogP contribution in [0.4, 0.5) is 0 Å². The molecule has 27 heavy (non-hydrogen) atoms. The number of rotatable bonds is 5. The smallest absolute Gasteiger partial charge is 0.260 e. The van der Waals surface area contributed by atoms with E-state index in [-0.39, 0.29) is 18.4 Å². The molecule has 0 saturated carbocycles. The van der Waals surface area contributed by atoms with Gasteiger partial charge in [-0.1, -0.05) is 42.8 Å². The number of amides is 2. The first kappa shape index (κ1) is 19.0. The number of carbonyl (C=O) groups excluding carboxylic acids is 2. The van der Waals surface area contributed by atoms with Gasteiger partial charge in [-0.05, 0) is 37.1 Å². The van der Waals surface area contributed by atoms with E-state index in [1.54, 1.807) is 4.90 Å². The lowest BCUT2D eigenvalue weighted by Crippen LogP contribution is -2.51. The molecule has 1 heterocycles. The van der Waals surface area contributed by atoms with Crippen molar-refractivity contribution in [3.63, 3.8) is 0 Å². The Bertz CT molecular complexity index is 793. The second-order valence-electron chi connectivity index (χ2n) is 6.79. The van der Waals surface area contributed by atoms with Crippen molar-refractivity contribution in [1.29, 1.82) is 0 Å². The van der Waals surface area contributed by atoms with E-state index in [0.29, 0.717) is 31.7 Å². The number of para-hydroxylation sites is 1. The van der Waals surface area contributed by atoms with Crippen LogP contribution in [0.5, 0.6) is 5.75 Å². The summed E-state index contributed by atoms with van der Waals surface area (Å²) in [5.74, 6) is 0.750. The van der Waals surface area contributed by atoms with Crippen LogP contribution in [0.2, 0.25) is 0 Å². The molecule has 0 atom stereocenters. The van der Waals surface area contributed by atoms with Gasteiger partial charge in [0, 0.05) is 31.7 Å². The van der Waals surface area contributed by atoms with Crippen LogP contribution in [0.25, 0.3) is 0 Å². The number of hydrogen-bond donors (Lipinski definition) is 0. The van der Waals surface area contributed by atoms with Crippen LogP contribution in [0.1, 0.15) is 28.4 Å². The first-order valence-corrected chi connectivity index (χ1v) is 9.43. The fourth-order valence-electron chi connectivity index (χ4n) is 3.21. The lowest BCUT2D eigenvalue weighted by molar-refractivity contribution is -0.134. The number of hydrogen-bond acceptors (Lipinski definition) is 3. The molecule has 2 amide bonds. The Balaban J connectivity index is 1.50. The molecular weight excluding hydrogens is 340 g/mol. The summed E-state index contributed by atoms with van der Waals surface area (Å²) in [5.41, 5.74) is 2.92. The largest absolute Gasteiger partial charge is 0.483 e. The molecule has 0 spiro atoms. The average molecular weight is 366 g/mol. The predicted molar refractivity (Wildman–Crippen MR) is 105 cm³/mol. The van der Waals surface area contributed by atoms with Crippen molar-refractivity contribution in [2.75, 3.05) is 32.8 Å². The van der Waals surface area contributed by atoms with Crippen molar-refractivity contribution < 1.29 is 14.3 Å². The second kappa shape index (κ2) is 8.71. The quantitative estimate of drug-likeness (QED) is 0.818. The standard InChI is InChI=1S/C22H26N2O3/c1-3-18-6-4-5-7-20(18)27-16-21(25)23-12-14-24(15-13-23)22(26)19-10-8-17(2)9-11-19/h4-11H,3,12-16H2,1-2H3. The maximum Gasteiger partial charge on any atom is 0.260 e. The molecule has 142 valence electrons. The van der Waals surface area contributed by atoms with Crippen LogP contribution in [0.15, 0.2) is 48.5 Å². The Labute approximate surface area is 160 Å². The van der Waals surface area contributed by atoms with Gasteiger partial charge in [0.15, 0.2) is 6.61 Å². The van der Waals surface area contributed by atoms with Crippen molar-refractivity contribution in [2.45, 2.75) is 20.3 Å². The fraction of sp³-hybridized carbons (Fsp3) is 0.364. The van der Waals surface area contributed by atoms with Gasteiger partial charge in [-0.15, -0.1) is 0 Å². The molecule has 0 N–H and O–H groups in total. The molecule has 0 unspecified atom stereocenters. The maximum absolute atomic E-state index is 12.6. The summed E-state index contributed by atoms with van der Waals surface area (Å²) >= 11 is 0. The summed E-state index contributed by atoms with van der Waals surface area (Å²) < 4.78 is 5.73. The summed E-state index contributed by atoms with van der Waals surface area (Å²) in [6.45, 7) is 6.26. The van der Waals surface area contributed by atoms with Gasteiger partial charge >= 0.3 is 0 Å². The highest BCUT2D eigenvalue weighted by Gasteiger charge is 2.25. The number of aryl methyl sites for hydroxylation is 2. The van der Waals surface area contributed by atoms with E-state index in [1.165, 1.54) is 0 Å². The van der Waals surface area contributed by atoms with E-state index in [4.69, 9.17) is 4.74 Å². The number of benzene rings is 2. The Hall–Kier alpha value is -2.82. The molecule has 5 nitrogen and oxygen atoms in total. The summed E-state index contributed by atoms with van der Waals surface area (Å²) in [6.07, 6.45) is 0.865.